The summed E-state index contributed by atoms with van der Waals surface area (Å²) in [6, 6.07) is 3.38. The van der Waals surface area contributed by atoms with Gasteiger partial charge in [-0.2, -0.15) is 0 Å². The van der Waals surface area contributed by atoms with Gasteiger partial charge in [-0.25, -0.2) is 4.39 Å². The van der Waals surface area contributed by atoms with E-state index in [0.29, 0.717) is 17.5 Å². The van der Waals surface area contributed by atoms with Gasteiger partial charge in [0.05, 0.1) is 0 Å². The van der Waals surface area contributed by atoms with E-state index in [-0.39, 0.29) is 18.3 Å². The van der Waals surface area contributed by atoms with E-state index < -0.39 is 5.97 Å². The van der Waals surface area contributed by atoms with Crippen molar-refractivity contribution in [1.29, 1.82) is 0 Å². The molecule has 4 heteroatoms. The van der Waals surface area contributed by atoms with Gasteiger partial charge >= 0.3 is 5.97 Å². The summed E-state index contributed by atoms with van der Waals surface area (Å²) in [5.74, 6) is -0.964. The Morgan fingerprint density at radius 3 is 2.39 bits per heavy atom. The van der Waals surface area contributed by atoms with E-state index in [1.807, 2.05) is 0 Å². The van der Waals surface area contributed by atoms with Gasteiger partial charge in [0.1, 0.15) is 5.82 Å². The van der Waals surface area contributed by atoms with Crippen molar-refractivity contribution < 1.29 is 14.3 Å². The van der Waals surface area contributed by atoms with Crippen LogP contribution in [0.2, 0.25) is 0 Å². The average molecular weight is 253 g/mol. The summed E-state index contributed by atoms with van der Waals surface area (Å²) in [7, 11) is 0. The number of nitrogens with two attached hydrogens (primary N) is 1. The van der Waals surface area contributed by atoms with Gasteiger partial charge < -0.3 is 10.8 Å². The second kappa shape index (κ2) is 6.50. The van der Waals surface area contributed by atoms with Crippen LogP contribution in [-0.4, -0.2) is 11.1 Å². The molecule has 0 saturated carbocycles. The molecule has 0 radical (unpaired) electrons. The van der Waals surface area contributed by atoms with Gasteiger partial charge in [0.2, 0.25) is 0 Å². The van der Waals surface area contributed by atoms with Crippen molar-refractivity contribution >= 4 is 5.97 Å². The first-order valence-electron chi connectivity index (χ1n) is 6.16. The fourth-order valence-electron chi connectivity index (χ4n) is 2.00. The van der Waals surface area contributed by atoms with E-state index in [1.165, 1.54) is 0 Å². The summed E-state index contributed by atoms with van der Waals surface area (Å²) in [4.78, 5) is 10.4. The Labute approximate surface area is 107 Å². The maximum Gasteiger partial charge on any atom is 0.303 e. The second-order valence-electron chi connectivity index (χ2n) is 4.71. The van der Waals surface area contributed by atoms with E-state index in [2.05, 4.69) is 0 Å². The quantitative estimate of drug-likeness (QED) is 0.766. The molecule has 0 bridgehead atoms. The fraction of sp³-hybridized carbons (Fsp3) is 0.500. The molecule has 100 valence electrons. The highest BCUT2D eigenvalue weighted by atomic mass is 19.1. The first-order chi connectivity index (χ1) is 8.41. The van der Waals surface area contributed by atoms with Gasteiger partial charge in [-0.1, -0.05) is 18.6 Å². The highest BCUT2D eigenvalue weighted by Crippen LogP contribution is 2.22. The number of unbranched alkanes of at least 4 members (excludes halogenated alkanes) is 1. The van der Waals surface area contributed by atoms with Crippen LogP contribution >= 0.6 is 0 Å². The van der Waals surface area contributed by atoms with Gasteiger partial charge in [-0.05, 0) is 43.4 Å². The van der Waals surface area contributed by atoms with Crippen LogP contribution in [0.5, 0.6) is 0 Å². The lowest BCUT2D eigenvalue weighted by Gasteiger charge is -2.14. The van der Waals surface area contributed by atoms with Gasteiger partial charge in [0.25, 0.3) is 0 Å². The number of carbonyl (C=O) groups is 1. The third-order valence-electron chi connectivity index (χ3n) is 3.04. The minimum atomic E-state index is -0.781. The Morgan fingerprint density at radius 1 is 1.33 bits per heavy atom. The SMILES string of the molecule is Cc1cc(C(N)CCCCC(=O)O)cc(C)c1F. The molecule has 3 N–H and O–H groups in total. The molecule has 0 spiro atoms. The van der Waals surface area contributed by atoms with Gasteiger partial charge in [0, 0.05) is 12.5 Å². The molecule has 1 aromatic rings. The maximum atomic E-state index is 13.5. The van der Waals surface area contributed by atoms with Crippen molar-refractivity contribution in [3.05, 3.63) is 34.6 Å². The van der Waals surface area contributed by atoms with Crippen molar-refractivity contribution in [3.63, 3.8) is 0 Å². The summed E-state index contributed by atoms with van der Waals surface area (Å²) < 4.78 is 13.5. The monoisotopic (exact) mass is 253 g/mol. The summed E-state index contributed by atoms with van der Waals surface area (Å²) in [5, 5.41) is 8.53. The molecule has 1 rings (SSSR count). The van der Waals surface area contributed by atoms with Crippen LogP contribution in [0.25, 0.3) is 0 Å². The lowest BCUT2D eigenvalue weighted by atomic mass is 9.97. The third-order valence-corrected chi connectivity index (χ3v) is 3.04. The van der Waals surface area contributed by atoms with Crippen molar-refractivity contribution in [2.45, 2.75) is 45.6 Å². The van der Waals surface area contributed by atoms with Crippen LogP contribution in [0.15, 0.2) is 12.1 Å². The topological polar surface area (TPSA) is 63.3 Å². The fourth-order valence-corrected chi connectivity index (χ4v) is 2.00. The predicted molar refractivity (Wildman–Crippen MR) is 68.9 cm³/mol. The molecule has 0 aliphatic carbocycles. The molecule has 0 amide bonds. The Kier molecular flexibility index (Phi) is 5.28. The Hall–Kier alpha value is -1.42. The first kappa shape index (κ1) is 14.6. The van der Waals surface area contributed by atoms with Crippen molar-refractivity contribution in [2.75, 3.05) is 0 Å². The van der Waals surface area contributed by atoms with Gasteiger partial charge in [0.15, 0.2) is 0 Å². The molecule has 0 fully saturated rings. The molecule has 3 nitrogen and oxygen atoms in total. The second-order valence-corrected chi connectivity index (χ2v) is 4.71. The minimum absolute atomic E-state index is 0.156. The highest BCUT2D eigenvalue weighted by Gasteiger charge is 2.10. The summed E-state index contributed by atoms with van der Waals surface area (Å²) in [6.07, 6.45) is 2.29. The predicted octanol–water partition coefficient (Wildman–Crippen LogP) is 3.09. The molecule has 1 unspecified atom stereocenters. The smallest absolute Gasteiger partial charge is 0.303 e. The molecule has 0 aromatic heterocycles. The summed E-state index contributed by atoms with van der Waals surface area (Å²) >= 11 is 0. The first-order valence-corrected chi connectivity index (χ1v) is 6.16. The lowest BCUT2D eigenvalue weighted by Crippen LogP contribution is -2.11. The molecule has 1 atom stereocenters. The number of halogens is 1. The third kappa shape index (κ3) is 4.11. The molecule has 18 heavy (non-hydrogen) atoms. The molecule has 0 aliphatic heterocycles. The molecular formula is C14H20FNO2. The van der Waals surface area contributed by atoms with E-state index in [4.69, 9.17) is 10.8 Å². The largest absolute Gasteiger partial charge is 0.481 e. The molecular weight excluding hydrogens is 233 g/mol. The number of aryl methyl sites for hydroxylation is 2. The average Bonchev–Trinajstić information content (AvgIpc) is 2.30. The number of hydrogen-bond acceptors (Lipinski definition) is 2. The van der Waals surface area contributed by atoms with E-state index in [0.717, 1.165) is 18.4 Å². The number of carboxylic acid groups (broad SMARTS) is 1. The Morgan fingerprint density at radius 2 is 1.89 bits per heavy atom. The zero-order chi connectivity index (χ0) is 13.7. The van der Waals surface area contributed by atoms with Crippen molar-refractivity contribution in [1.82, 2.24) is 0 Å². The molecule has 0 aliphatic rings. The van der Waals surface area contributed by atoms with E-state index >= 15 is 0 Å². The lowest BCUT2D eigenvalue weighted by molar-refractivity contribution is -0.137. The maximum absolute atomic E-state index is 13.5. The van der Waals surface area contributed by atoms with Gasteiger partial charge in [-0.3, -0.25) is 4.79 Å². The zero-order valence-corrected chi connectivity index (χ0v) is 10.9. The van der Waals surface area contributed by atoms with Crippen molar-refractivity contribution in [2.24, 2.45) is 5.73 Å². The Bertz CT molecular complexity index is 409. The number of hydrogen-bond donors (Lipinski definition) is 2. The van der Waals surface area contributed by atoms with Crippen LogP contribution < -0.4 is 5.73 Å². The normalized spacial score (nSPS) is 12.4. The standard InChI is InChI=1S/C14H20FNO2/c1-9-7-11(8-10(2)14(9)15)12(16)5-3-4-6-13(17)18/h7-8,12H,3-6,16H2,1-2H3,(H,17,18). The number of aliphatic carboxylic acids is 1. The molecule has 1 aromatic carbocycles. The van der Waals surface area contributed by atoms with Crippen LogP contribution in [-0.2, 0) is 4.79 Å². The summed E-state index contributed by atoms with van der Waals surface area (Å²) in [6.45, 7) is 3.45. The highest BCUT2D eigenvalue weighted by molar-refractivity contribution is 5.66. The van der Waals surface area contributed by atoms with Gasteiger partial charge in [-0.15, -0.1) is 0 Å². The molecule has 0 heterocycles. The van der Waals surface area contributed by atoms with Crippen LogP contribution in [0.1, 0.15) is 48.4 Å². The van der Waals surface area contributed by atoms with Crippen LogP contribution in [0.3, 0.4) is 0 Å². The van der Waals surface area contributed by atoms with Crippen molar-refractivity contribution in [3.8, 4) is 0 Å². The van der Waals surface area contributed by atoms with Crippen LogP contribution in [0, 0.1) is 19.7 Å². The molecule has 0 saturated heterocycles. The zero-order valence-electron chi connectivity index (χ0n) is 10.9. The summed E-state index contributed by atoms with van der Waals surface area (Å²) in [5.41, 5.74) is 8.15. The number of carboxylic acids is 1. The minimum Gasteiger partial charge on any atom is -0.481 e. The van der Waals surface area contributed by atoms with E-state index in [9.17, 15) is 9.18 Å². The van der Waals surface area contributed by atoms with Crippen LogP contribution in [0.4, 0.5) is 4.39 Å². The number of benzene rings is 1. The number of rotatable bonds is 6. The van der Waals surface area contributed by atoms with E-state index in [1.54, 1.807) is 26.0 Å². The Balaban J connectivity index is 2.56.